The molecule has 1 saturated carbocycles. The molecular formula is C21H23BrF3N5O3. The lowest BCUT2D eigenvalue weighted by Crippen LogP contribution is -2.23. The highest BCUT2D eigenvalue weighted by molar-refractivity contribution is 9.10. The molecule has 0 unspecified atom stereocenters. The van der Waals surface area contributed by atoms with Gasteiger partial charge >= 0.3 is 12.1 Å². The Labute approximate surface area is 195 Å². The summed E-state index contributed by atoms with van der Waals surface area (Å²) in [6, 6.07) is 4.09. The number of aromatic nitrogens is 4. The average molecular weight is 530 g/mol. The Bertz CT molecular complexity index is 1170. The van der Waals surface area contributed by atoms with Gasteiger partial charge in [0.1, 0.15) is 11.3 Å². The second kappa shape index (κ2) is 9.72. The first-order valence-corrected chi connectivity index (χ1v) is 11.4. The maximum atomic E-state index is 12.8. The number of halogens is 4. The molecule has 2 aromatic heterocycles. The summed E-state index contributed by atoms with van der Waals surface area (Å²) in [6.45, 7) is 0.706. The molecule has 0 spiro atoms. The maximum Gasteiger partial charge on any atom is 0.573 e. The van der Waals surface area contributed by atoms with E-state index in [4.69, 9.17) is 0 Å². The van der Waals surface area contributed by atoms with Gasteiger partial charge in [-0.1, -0.05) is 15.9 Å². The van der Waals surface area contributed by atoms with Crippen molar-refractivity contribution in [2.45, 2.75) is 38.6 Å². The average Bonchev–Trinajstić information content (AvgIpc) is 3.08. The summed E-state index contributed by atoms with van der Waals surface area (Å²) in [7, 11) is 0. The van der Waals surface area contributed by atoms with Crippen molar-refractivity contribution < 1.29 is 23.0 Å². The number of H-pyrrole nitrogens is 1. The molecule has 0 amide bonds. The Kier molecular flexibility index (Phi) is 6.94. The molecule has 3 N–H and O–H groups in total. The first kappa shape index (κ1) is 23.6. The molecule has 12 heteroatoms. The van der Waals surface area contributed by atoms with Crippen LogP contribution in [0.25, 0.3) is 11.2 Å². The fourth-order valence-electron chi connectivity index (χ4n) is 4.10. The number of hydrogen-bond donors (Lipinski definition) is 3. The molecule has 1 aromatic carbocycles. The molecule has 4 rings (SSSR count). The lowest BCUT2D eigenvalue weighted by molar-refractivity contribution is -0.274. The number of rotatable bonds is 7. The quantitative estimate of drug-likeness (QED) is 0.426. The molecule has 0 aliphatic heterocycles. The van der Waals surface area contributed by atoms with E-state index in [0.29, 0.717) is 34.3 Å². The van der Waals surface area contributed by atoms with E-state index in [1.807, 2.05) is 0 Å². The number of aliphatic hydroxyl groups is 1. The summed E-state index contributed by atoms with van der Waals surface area (Å²) < 4.78 is 44.4. The molecule has 0 bridgehead atoms. The van der Waals surface area contributed by atoms with Gasteiger partial charge in [-0.25, -0.2) is 9.78 Å². The van der Waals surface area contributed by atoms with Gasteiger partial charge in [-0.3, -0.25) is 4.57 Å². The van der Waals surface area contributed by atoms with Crippen LogP contribution in [0.3, 0.4) is 0 Å². The van der Waals surface area contributed by atoms with Crippen molar-refractivity contribution in [2.75, 3.05) is 18.5 Å². The van der Waals surface area contributed by atoms with E-state index in [1.165, 1.54) is 29.0 Å². The largest absolute Gasteiger partial charge is 0.573 e. The Morgan fingerprint density at radius 3 is 2.67 bits per heavy atom. The molecule has 1 aliphatic carbocycles. The smallest absolute Gasteiger partial charge is 0.405 e. The molecular weight excluding hydrogens is 507 g/mol. The third-order valence-corrected chi connectivity index (χ3v) is 6.35. The second-order valence-corrected chi connectivity index (χ2v) is 9.11. The number of hydrogen-bond acceptors (Lipinski definition) is 6. The van der Waals surface area contributed by atoms with Gasteiger partial charge in [-0.05, 0) is 55.7 Å². The first-order chi connectivity index (χ1) is 15.7. The number of ether oxygens (including phenoxy) is 1. The second-order valence-electron chi connectivity index (χ2n) is 8.20. The summed E-state index contributed by atoms with van der Waals surface area (Å²) in [6.07, 6.45) is 0.576. The summed E-state index contributed by atoms with van der Waals surface area (Å²) in [5.41, 5.74) is 0.303. The SMILES string of the molecule is O=c1[nH]c2cnc(NC[C@H]3CC[C@H](CO)CC3)nc2n1Cc1cc(Br)ccc1OC(F)(F)F. The number of anilines is 1. The Hall–Kier alpha value is -2.60. The predicted molar refractivity (Wildman–Crippen MR) is 119 cm³/mol. The lowest BCUT2D eigenvalue weighted by atomic mass is 9.82. The van der Waals surface area contributed by atoms with Crippen molar-refractivity contribution in [1.82, 2.24) is 19.5 Å². The molecule has 178 valence electrons. The van der Waals surface area contributed by atoms with Crippen LogP contribution in [-0.2, 0) is 6.54 Å². The fourth-order valence-corrected chi connectivity index (χ4v) is 4.51. The highest BCUT2D eigenvalue weighted by Gasteiger charge is 2.32. The van der Waals surface area contributed by atoms with Crippen LogP contribution in [0, 0.1) is 11.8 Å². The fraction of sp³-hybridized carbons (Fsp3) is 0.476. The predicted octanol–water partition coefficient (Wildman–Crippen LogP) is 4.04. The molecule has 3 aromatic rings. The van der Waals surface area contributed by atoms with Gasteiger partial charge in [0.15, 0.2) is 5.65 Å². The summed E-state index contributed by atoms with van der Waals surface area (Å²) >= 11 is 3.24. The van der Waals surface area contributed by atoms with Gasteiger partial charge in [0.2, 0.25) is 5.95 Å². The molecule has 2 heterocycles. The van der Waals surface area contributed by atoms with Crippen LogP contribution in [-0.4, -0.2) is 44.1 Å². The summed E-state index contributed by atoms with van der Waals surface area (Å²) in [4.78, 5) is 23.8. The Morgan fingerprint density at radius 1 is 1.24 bits per heavy atom. The van der Waals surface area contributed by atoms with Crippen molar-refractivity contribution in [3.05, 3.63) is 44.9 Å². The van der Waals surface area contributed by atoms with Crippen LogP contribution >= 0.6 is 15.9 Å². The minimum atomic E-state index is -4.86. The molecule has 1 aliphatic rings. The topological polar surface area (TPSA) is 105 Å². The van der Waals surface area contributed by atoms with E-state index in [2.05, 4.69) is 40.9 Å². The Balaban J connectivity index is 1.55. The van der Waals surface area contributed by atoms with Crippen LogP contribution in [0.4, 0.5) is 19.1 Å². The first-order valence-electron chi connectivity index (χ1n) is 10.6. The van der Waals surface area contributed by atoms with E-state index in [1.54, 1.807) is 0 Å². The van der Waals surface area contributed by atoms with Crippen LogP contribution in [0.2, 0.25) is 0 Å². The van der Waals surface area contributed by atoms with E-state index in [-0.39, 0.29) is 24.4 Å². The molecule has 0 atom stereocenters. The highest BCUT2D eigenvalue weighted by Crippen LogP contribution is 2.30. The number of benzene rings is 1. The van der Waals surface area contributed by atoms with Gasteiger partial charge in [-0.2, -0.15) is 4.98 Å². The molecule has 0 saturated heterocycles. The van der Waals surface area contributed by atoms with Crippen LogP contribution < -0.4 is 15.7 Å². The van der Waals surface area contributed by atoms with Crippen molar-refractivity contribution in [1.29, 1.82) is 0 Å². The van der Waals surface area contributed by atoms with Gasteiger partial charge in [0.25, 0.3) is 0 Å². The normalized spacial score (nSPS) is 19.1. The van der Waals surface area contributed by atoms with Gasteiger partial charge in [-0.15, -0.1) is 13.2 Å². The zero-order valence-corrected chi connectivity index (χ0v) is 19.1. The molecule has 33 heavy (non-hydrogen) atoms. The van der Waals surface area contributed by atoms with Gasteiger partial charge in [0.05, 0.1) is 12.7 Å². The van der Waals surface area contributed by atoms with Gasteiger partial charge in [0, 0.05) is 23.2 Å². The van der Waals surface area contributed by atoms with Crippen molar-refractivity contribution >= 4 is 33.0 Å². The number of aliphatic hydroxyl groups excluding tert-OH is 1. The van der Waals surface area contributed by atoms with Crippen molar-refractivity contribution in [2.24, 2.45) is 11.8 Å². The summed E-state index contributed by atoms with van der Waals surface area (Å²) in [5.74, 6) is 0.745. The standard InChI is InChI=1S/C21H23BrF3N5O3/c22-15-5-6-17(33-21(23,24)25)14(7-15)10-30-18-16(28-20(30)32)9-27-19(29-18)26-8-12-1-3-13(11-31)4-2-12/h5-7,9,12-13,31H,1-4,8,10-11H2,(H,28,32)(H,26,27,29)/t12-,13-. The highest BCUT2D eigenvalue weighted by atomic mass is 79.9. The van der Waals surface area contributed by atoms with Gasteiger partial charge < -0.3 is 20.1 Å². The summed E-state index contributed by atoms with van der Waals surface area (Å²) in [5, 5.41) is 12.5. The van der Waals surface area contributed by atoms with E-state index in [9.17, 15) is 23.1 Å². The number of imidazole rings is 1. The van der Waals surface area contributed by atoms with Crippen LogP contribution in [0.15, 0.2) is 33.7 Å². The molecule has 0 radical (unpaired) electrons. The van der Waals surface area contributed by atoms with Crippen molar-refractivity contribution in [3.63, 3.8) is 0 Å². The van der Waals surface area contributed by atoms with E-state index in [0.717, 1.165) is 25.7 Å². The molecule has 8 nitrogen and oxygen atoms in total. The Morgan fingerprint density at radius 2 is 1.97 bits per heavy atom. The van der Waals surface area contributed by atoms with Crippen LogP contribution in [0.5, 0.6) is 5.75 Å². The number of aromatic amines is 1. The minimum absolute atomic E-state index is 0.165. The maximum absolute atomic E-state index is 12.8. The number of nitrogens with zero attached hydrogens (tertiary/aromatic N) is 3. The zero-order valence-electron chi connectivity index (χ0n) is 17.5. The lowest BCUT2D eigenvalue weighted by Gasteiger charge is -2.27. The third kappa shape index (κ3) is 5.85. The zero-order chi connectivity index (χ0) is 23.6. The van der Waals surface area contributed by atoms with E-state index < -0.39 is 17.8 Å². The molecule has 1 fully saturated rings. The minimum Gasteiger partial charge on any atom is -0.405 e. The number of nitrogens with one attached hydrogen (secondary N) is 2. The van der Waals surface area contributed by atoms with Crippen LogP contribution in [0.1, 0.15) is 31.2 Å². The van der Waals surface area contributed by atoms with Crippen molar-refractivity contribution in [3.8, 4) is 5.75 Å². The number of fused-ring (bicyclic) bond motifs is 1. The number of alkyl halides is 3. The third-order valence-electron chi connectivity index (χ3n) is 5.86. The monoisotopic (exact) mass is 529 g/mol. The van der Waals surface area contributed by atoms with E-state index >= 15 is 0 Å².